The van der Waals surface area contributed by atoms with Crippen LogP contribution in [0.2, 0.25) is 0 Å². The quantitative estimate of drug-likeness (QED) is 0.696. The molecule has 0 spiro atoms. The van der Waals surface area contributed by atoms with Crippen LogP contribution in [-0.4, -0.2) is 12.1 Å². The summed E-state index contributed by atoms with van der Waals surface area (Å²) in [5, 5.41) is 3.55. The zero-order valence-electron chi connectivity index (χ0n) is 11.9. The van der Waals surface area contributed by atoms with Crippen molar-refractivity contribution in [2.24, 2.45) is 10.8 Å². The molecule has 0 aromatic rings. The summed E-state index contributed by atoms with van der Waals surface area (Å²) in [7, 11) is 0. The third-order valence-corrected chi connectivity index (χ3v) is 2.11. The van der Waals surface area contributed by atoms with Gasteiger partial charge in [-0.25, -0.2) is 0 Å². The van der Waals surface area contributed by atoms with E-state index in [2.05, 4.69) is 72.9 Å². The molecule has 0 radical (unpaired) electrons. The first kappa shape index (κ1) is 14.7. The van der Waals surface area contributed by atoms with E-state index >= 15 is 0 Å². The largest absolute Gasteiger partial charge is 0.311 e. The molecule has 0 fully saturated rings. The number of hydrogen-bond acceptors (Lipinski definition) is 1. The van der Waals surface area contributed by atoms with Gasteiger partial charge in [-0.3, -0.25) is 0 Å². The summed E-state index contributed by atoms with van der Waals surface area (Å²) in [6.45, 7) is 18.9. The van der Waals surface area contributed by atoms with Crippen LogP contribution in [0, 0.1) is 10.8 Å². The second kappa shape index (κ2) is 4.69. The summed E-state index contributed by atoms with van der Waals surface area (Å²) in [5.41, 5.74) is 0.701. The Morgan fingerprint density at radius 3 is 1.60 bits per heavy atom. The van der Waals surface area contributed by atoms with Crippen LogP contribution in [0.25, 0.3) is 0 Å². The highest BCUT2D eigenvalue weighted by Gasteiger charge is 2.18. The third kappa shape index (κ3) is 9.99. The summed E-state index contributed by atoms with van der Waals surface area (Å²) in [6, 6.07) is 0. The number of rotatable bonds is 3. The first-order valence-electron chi connectivity index (χ1n) is 5.87. The van der Waals surface area contributed by atoms with Crippen molar-refractivity contribution in [3.63, 3.8) is 0 Å². The maximum absolute atomic E-state index is 3.55. The molecular weight excluding hydrogens is 182 g/mol. The molecule has 0 saturated heterocycles. The monoisotopic (exact) mass is 211 g/mol. The molecule has 1 N–H and O–H groups in total. The van der Waals surface area contributed by atoms with Crippen molar-refractivity contribution in [1.82, 2.24) is 5.32 Å². The van der Waals surface area contributed by atoms with Crippen LogP contribution >= 0.6 is 0 Å². The Bertz CT molecular complexity index is 210. The summed E-state index contributed by atoms with van der Waals surface area (Å²) in [6.07, 6.45) is 4.63. The van der Waals surface area contributed by atoms with Gasteiger partial charge in [0.2, 0.25) is 0 Å². The fourth-order valence-corrected chi connectivity index (χ4v) is 1.03. The highest BCUT2D eigenvalue weighted by Crippen LogP contribution is 2.22. The molecular formula is C14H29N. The van der Waals surface area contributed by atoms with Gasteiger partial charge >= 0.3 is 0 Å². The zero-order valence-corrected chi connectivity index (χ0v) is 11.9. The van der Waals surface area contributed by atoms with Crippen LogP contribution in [0.5, 0.6) is 0 Å². The molecule has 0 aromatic heterocycles. The molecule has 0 bridgehead atoms. The normalized spacial score (nSPS) is 14.9. The lowest BCUT2D eigenvalue weighted by molar-refractivity contribution is 0.342. The van der Waals surface area contributed by atoms with Crippen LogP contribution in [0.4, 0.5) is 0 Å². The van der Waals surface area contributed by atoms with Gasteiger partial charge in [0.25, 0.3) is 0 Å². The average Bonchev–Trinajstić information content (AvgIpc) is 1.96. The van der Waals surface area contributed by atoms with Gasteiger partial charge in [0.15, 0.2) is 0 Å². The van der Waals surface area contributed by atoms with Crippen molar-refractivity contribution in [1.29, 1.82) is 0 Å². The van der Waals surface area contributed by atoms with E-state index in [0.29, 0.717) is 0 Å². The molecule has 0 amide bonds. The van der Waals surface area contributed by atoms with E-state index in [0.717, 1.165) is 6.54 Å². The van der Waals surface area contributed by atoms with E-state index in [1.54, 1.807) is 0 Å². The first-order valence-corrected chi connectivity index (χ1v) is 5.87. The van der Waals surface area contributed by atoms with Crippen molar-refractivity contribution >= 4 is 0 Å². The predicted molar refractivity (Wildman–Crippen MR) is 70.1 cm³/mol. The molecule has 0 aromatic carbocycles. The summed E-state index contributed by atoms with van der Waals surface area (Å²) in [5.74, 6) is 0. The first-order chi connectivity index (χ1) is 6.41. The summed E-state index contributed by atoms with van der Waals surface area (Å²) < 4.78 is 0. The highest BCUT2D eigenvalue weighted by atomic mass is 14.9. The van der Waals surface area contributed by atoms with Crippen LogP contribution in [0.3, 0.4) is 0 Å². The summed E-state index contributed by atoms with van der Waals surface area (Å²) >= 11 is 0. The van der Waals surface area contributed by atoms with Crippen molar-refractivity contribution in [3.8, 4) is 0 Å². The van der Waals surface area contributed by atoms with Crippen LogP contribution in [0.1, 0.15) is 55.4 Å². The molecule has 0 heterocycles. The second-order valence-corrected chi connectivity index (χ2v) is 7.29. The molecule has 90 valence electrons. The Labute approximate surface area is 96.3 Å². The lowest BCUT2D eigenvalue weighted by Crippen LogP contribution is -2.41. The molecule has 0 aliphatic carbocycles. The highest BCUT2D eigenvalue weighted by molar-refractivity contribution is 5.01. The van der Waals surface area contributed by atoms with Crippen LogP contribution in [0.15, 0.2) is 12.2 Å². The van der Waals surface area contributed by atoms with Crippen molar-refractivity contribution < 1.29 is 0 Å². The number of nitrogens with one attached hydrogen (secondary N) is 1. The van der Waals surface area contributed by atoms with Gasteiger partial charge in [0.05, 0.1) is 0 Å². The standard InChI is InChI=1S/C14H29N/c1-12(2,3)9-10-14(7,8)11-15-13(4,5)6/h9-10,15H,11H2,1-8H3/b10-9+. The van der Waals surface area contributed by atoms with E-state index in [1.807, 2.05) is 0 Å². The van der Waals surface area contributed by atoms with E-state index in [4.69, 9.17) is 0 Å². The molecule has 0 saturated carbocycles. The predicted octanol–water partition coefficient (Wildman–Crippen LogP) is 4.00. The maximum Gasteiger partial charge on any atom is 0.00968 e. The summed E-state index contributed by atoms with van der Waals surface area (Å²) in [4.78, 5) is 0. The second-order valence-electron chi connectivity index (χ2n) is 7.29. The number of allylic oxidation sites excluding steroid dienone is 1. The lowest BCUT2D eigenvalue weighted by Gasteiger charge is -2.29. The minimum Gasteiger partial charge on any atom is -0.311 e. The topological polar surface area (TPSA) is 12.0 Å². The smallest absolute Gasteiger partial charge is 0.00968 e. The lowest BCUT2D eigenvalue weighted by atomic mass is 9.87. The van der Waals surface area contributed by atoms with Gasteiger partial charge in [0.1, 0.15) is 0 Å². The molecule has 0 rings (SSSR count). The Balaban J connectivity index is 4.26. The molecule has 0 atom stereocenters. The van der Waals surface area contributed by atoms with E-state index in [-0.39, 0.29) is 16.4 Å². The fraction of sp³-hybridized carbons (Fsp3) is 0.857. The van der Waals surface area contributed by atoms with E-state index in [9.17, 15) is 0 Å². The SMILES string of the molecule is CC(C)(C)/C=C/C(C)(C)CNC(C)(C)C. The van der Waals surface area contributed by atoms with E-state index in [1.165, 1.54) is 0 Å². The van der Waals surface area contributed by atoms with Gasteiger partial charge in [0, 0.05) is 12.1 Å². The third-order valence-electron chi connectivity index (χ3n) is 2.11. The zero-order chi connectivity index (χ0) is 12.3. The Kier molecular flexibility index (Phi) is 4.60. The van der Waals surface area contributed by atoms with E-state index < -0.39 is 0 Å². The Morgan fingerprint density at radius 2 is 1.27 bits per heavy atom. The van der Waals surface area contributed by atoms with Crippen LogP contribution in [-0.2, 0) is 0 Å². The molecule has 0 unspecified atom stereocenters. The van der Waals surface area contributed by atoms with Gasteiger partial charge in [-0.2, -0.15) is 0 Å². The van der Waals surface area contributed by atoms with Gasteiger partial charge in [-0.15, -0.1) is 0 Å². The minimum absolute atomic E-state index is 0.201. The molecule has 0 aliphatic rings. The van der Waals surface area contributed by atoms with Gasteiger partial charge in [-0.05, 0) is 31.6 Å². The minimum atomic E-state index is 0.201. The molecule has 1 heteroatoms. The van der Waals surface area contributed by atoms with Crippen molar-refractivity contribution in [2.75, 3.05) is 6.54 Å². The Morgan fingerprint density at radius 1 is 0.800 bits per heavy atom. The molecule has 15 heavy (non-hydrogen) atoms. The van der Waals surface area contributed by atoms with Crippen molar-refractivity contribution in [2.45, 2.75) is 60.9 Å². The van der Waals surface area contributed by atoms with Crippen LogP contribution < -0.4 is 5.32 Å². The van der Waals surface area contributed by atoms with Gasteiger partial charge in [-0.1, -0.05) is 46.8 Å². The molecule has 0 aliphatic heterocycles. The Hall–Kier alpha value is -0.300. The fourth-order valence-electron chi connectivity index (χ4n) is 1.03. The van der Waals surface area contributed by atoms with Crippen molar-refractivity contribution in [3.05, 3.63) is 12.2 Å². The van der Waals surface area contributed by atoms with Gasteiger partial charge < -0.3 is 5.32 Å². The maximum atomic E-state index is 3.55. The number of hydrogen-bond donors (Lipinski definition) is 1. The molecule has 1 nitrogen and oxygen atoms in total. The average molecular weight is 211 g/mol.